The van der Waals surface area contributed by atoms with Gasteiger partial charge in [-0.1, -0.05) is 13.0 Å². The summed E-state index contributed by atoms with van der Waals surface area (Å²) < 4.78 is 37.7. The van der Waals surface area contributed by atoms with Gasteiger partial charge in [0.15, 0.2) is 0 Å². The van der Waals surface area contributed by atoms with Crippen LogP contribution in [0.3, 0.4) is 0 Å². The van der Waals surface area contributed by atoms with Crippen LogP contribution < -0.4 is 11.1 Å². The van der Waals surface area contributed by atoms with Crippen molar-refractivity contribution in [1.82, 2.24) is 10.2 Å². The van der Waals surface area contributed by atoms with Gasteiger partial charge in [0, 0.05) is 18.7 Å². The highest BCUT2D eigenvalue weighted by Gasteiger charge is 2.31. The molecule has 0 atom stereocenters. The Balaban J connectivity index is 0.000000891. The zero-order valence-corrected chi connectivity index (χ0v) is 13.5. The molecule has 0 unspecified atom stereocenters. The van der Waals surface area contributed by atoms with Crippen molar-refractivity contribution in [2.75, 3.05) is 26.2 Å². The SMILES string of the molecule is CCN.O=C(NCC(=O)N1CCCC1)c1cccc(C(F)(F)F)c1. The molecule has 0 radical (unpaired) electrons. The molecule has 1 heterocycles. The molecule has 0 aliphatic carbocycles. The van der Waals surface area contributed by atoms with E-state index >= 15 is 0 Å². The van der Waals surface area contributed by atoms with E-state index in [1.165, 1.54) is 12.1 Å². The van der Waals surface area contributed by atoms with E-state index < -0.39 is 17.6 Å². The Morgan fingerprint density at radius 1 is 1.25 bits per heavy atom. The van der Waals surface area contributed by atoms with E-state index in [9.17, 15) is 22.8 Å². The normalized spacial score (nSPS) is 14.0. The number of nitrogens with one attached hydrogen (secondary N) is 1. The van der Waals surface area contributed by atoms with Gasteiger partial charge in [-0.05, 0) is 37.6 Å². The fraction of sp³-hybridized carbons (Fsp3) is 0.500. The second kappa shape index (κ2) is 9.27. The van der Waals surface area contributed by atoms with E-state index in [1.54, 1.807) is 4.90 Å². The molecule has 0 spiro atoms. The molecular formula is C16H22F3N3O2. The van der Waals surface area contributed by atoms with Crippen LogP contribution in [-0.2, 0) is 11.0 Å². The number of halogens is 3. The van der Waals surface area contributed by atoms with Gasteiger partial charge in [-0.3, -0.25) is 9.59 Å². The van der Waals surface area contributed by atoms with Crippen LogP contribution in [0.25, 0.3) is 0 Å². The first-order valence-electron chi connectivity index (χ1n) is 7.73. The topological polar surface area (TPSA) is 75.4 Å². The molecule has 1 aliphatic heterocycles. The number of carbonyl (C=O) groups is 2. The maximum absolute atomic E-state index is 12.6. The third-order valence-corrected chi connectivity index (χ3v) is 3.31. The third kappa shape index (κ3) is 6.19. The van der Waals surface area contributed by atoms with Gasteiger partial charge in [-0.2, -0.15) is 13.2 Å². The standard InChI is InChI=1S/C14H15F3N2O2.C2H7N/c15-14(16,17)11-5-3-4-10(8-11)13(21)18-9-12(20)19-6-1-2-7-19;1-2-3/h3-5,8H,1-2,6-7,9H2,(H,18,21);2-3H2,1H3. The Hall–Kier alpha value is -2.09. The first kappa shape index (κ1) is 20.0. The number of hydrogen-bond acceptors (Lipinski definition) is 3. The van der Waals surface area contributed by atoms with Crippen LogP contribution >= 0.6 is 0 Å². The molecule has 1 aromatic carbocycles. The predicted molar refractivity (Wildman–Crippen MR) is 84.3 cm³/mol. The Bertz CT molecular complexity index is 556. The maximum atomic E-state index is 12.6. The molecule has 1 fully saturated rings. The number of hydrogen-bond donors (Lipinski definition) is 2. The molecule has 5 nitrogen and oxygen atoms in total. The highest BCUT2D eigenvalue weighted by Crippen LogP contribution is 2.29. The van der Waals surface area contributed by atoms with Gasteiger partial charge >= 0.3 is 6.18 Å². The van der Waals surface area contributed by atoms with Crippen molar-refractivity contribution in [3.05, 3.63) is 35.4 Å². The summed E-state index contributed by atoms with van der Waals surface area (Å²) >= 11 is 0. The maximum Gasteiger partial charge on any atom is 0.416 e. The summed E-state index contributed by atoms with van der Waals surface area (Å²) in [6.45, 7) is 3.78. The molecule has 0 saturated carbocycles. The Morgan fingerprint density at radius 3 is 2.38 bits per heavy atom. The quantitative estimate of drug-likeness (QED) is 0.880. The molecule has 0 bridgehead atoms. The summed E-state index contributed by atoms with van der Waals surface area (Å²) in [5.41, 5.74) is 3.85. The van der Waals surface area contributed by atoms with Crippen LogP contribution in [0.1, 0.15) is 35.7 Å². The summed E-state index contributed by atoms with van der Waals surface area (Å²) in [6, 6.07) is 4.12. The van der Waals surface area contributed by atoms with Crippen molar-refractivity contribution in [3.63, 3.8) is 0 Å². The smallest absolute Gasteiger partial charge is 0.343 e. The monoisotopic (exact) mass is 345 g/mol. The first-order chi connectivity index (χ1) is 11.3. The van der Waals surface area contributed by atoms with Crippen molar-refractivity contribution in [2.24, 2.45) is 5.73 Å². The molecule has 3 N–H and O–H groups in total. The van der Waals surface area contributed by atoms with E-state index in [-0.39, 0.29) is 18.0 Å². The van der Waals surface area contributed by atoms with Crippen molar-refractivity contribution in [2.45, 2.75) is 25.9 Å². The lowest BCUT2D eigenvalue weighted by molar-refractivity contribution is -0.137. The highest BCUT2D eigenvalue weighted by molar-refractivity contribution is 5.96. The number of benzene rings is 1. The lowest BCUT2D eigenvalue weighted by Crippen LogP contribution is -2.38. The average molecular weight is 345 g/mol. The third-order valence-electron chi connectivity index (χ3n) is 3.31. The van der Waals surface area contributed by atoms with Gasteiger partial charge in [0.1, 0.15) is 0 Å². The highest BCUT2D eigenvalue weighted by atomic mass is 19.4. The van der Waals surface area contributed by atoms with Gasteiger partial charge in [0.25, 0.3) is 5.91 Å². The van der Waals surface area contributed by atoms with Crippen LogP contribution in [0.4, 0.5) is 13.2 Å². The zero-order valence-electron chi connectivity index (χ0n) is 13.5. The van der Waals surface area contributed by atoms with Gasteiger partial charge in [0.2, 0.25) is 5.91 Å². The fourth-order valence-electron chi connectivity index (χ4n) is 2.17. The first-order valence-corrected chi connectivity index (χ1v) is 7.73. The summed E-state index contributed by atoms with van der Waals surface area (Å²) in [6.07, 6.45) is -2.62. The fourth-order valence-corrected chi connectivity index (χ4v) is 2.17. The van der Waals surface area contributed by atoms with Crippen molar-refractivity contribution in [3.8, 4) is 0 Å². The molecule has 8 heteroatoms. The number of nitrogens with two attached hydrogens (primary N) is 1. The molecule has 24 heavy (non-hydrogen) atoms. The number of carbonyl (C=O) groups excluding carboxylic acids is 2. The van der Waals surface area contributed by atoms with Crippen molar-refractivity contribution >= 4 is 11.8 Å². The minimum absolute atomic E-state index is 0.112. The minimum Gasteiger partial charge on any atom is -0.343 e. The largest absolute Gasteiger partial charge is 0.416 e. The van der Waals surface area contributed by atoms with E-state index in [4.69, 9.17) is 5.73 Å². The Labute approximate surface area is 139 Å². The predicted octanol–water partition coefficient (Wildman–Crippen LogP) is 2.02. The van der Waals surface area contributed by atoms with Gasteiger partial charge in [-0.25, -0.2) is 0 Å². The Morgan fingerprint density at radius 2 is 1.83 bits per heavy atom. The molecule has 1 aliphatic rings. The second-order valence-electron chi connectivity index (χ2n) is 5.26. The molecule has 134 valence electrons. The van der Waals surface area contributed by atoms with E-state index in [0.29, 0.717) is 13.1 Å². The number of alkyl halides is 3. The van der Waals surface area contributed by atoms with E-state index in [2.05, 4.69) is 5.32 Å². The summed E-state index contributed by atoms with van der Waals surface area (Å²) in [7, 11) is 0. The van der Waals surface area contributed by atoms with E-state index in [0.717, 1.165) is 31.5 Å². The number of nitrogens with zero attached hydrogens (tertiary/aromatic N) is 1. The minimum atomic E-state index is -4.50. The van der Waals surface area contributed by atoms with Crippen LogP contribution in [-0.4, -0.2) is 42.9 Å². The van der Waals surface area contributed by atoms with Gasteiger partial charge < -0.3 is 16.0 Å². The van der Waals surface area contributed by atoms with Crippen LogP contribution in [0.2, 0.25) is 0 Å². The van der Waals surface area contributed by atoms with Gasteiger partial charge in [0.05, 0.1) is 12.1 Å². The van der Waals surface area contributed by atoms with E-state index in [1.807, 2.05) is 6.92 Å². The molecular weight excluding hydrogens is 323 g/mol. The number of rotatable bonds is 3. The zero-order chi connectivity index (χ0) is 18.2. The summed E-state index contributed by atoms with van der Waals surface area (Å²) in [5, 5.41) is 2.36. The molecule has 2 amide bonds. The van der Waals surface area contributed by atoms with Crippen molar-refractivity contribution in [1.29, 1.82) is 0 Å². The number of likely N-dealkylation sites (tertiary alicyclic amines) is 1. The van der Waals surface area contributed by atoms with Gasteiger partial charge in [-0.15, -0.1) is 0 Å². The van der Waals surface area contributed by atoms with Crippen LogP contribution in [0, 0.1) is 0 Å². The second-order valence-corrected chi connectivity index (χ2v) is 5.26. The lowest BCUT2D eigenvalue weighted by atomic mass is 10.1. The molecule has 1 aromatic rings. The molecule has 1 saturated heterocycles. The summed E-state index contributed by atoms with van der Waals surface area (Å²) in [4.78, 5) is 25.2. The summed E-state index contributed by atoms with van der Waals surface area (Å²) in [5.74, 6) is -0.901. The molecule has 0 aromatic heterocycles. The number of amides is 2. The van der Waals surface area contributed by atoms with Crippen LogP contribution in [0.5, 0.6) is 0 Å². The molecule has 2 rings (SSSR count). The Kier molecular flexibility index (Phi) is 7.70. The average Bonchev–Trinajstić information content (AvgIpc) is 3.07. The van der Waals surface area contributed by atoms with Crippen molar-refractivity contribution < 1.29 is 22.8 Å². The van der Waals surface area contributed by atoms with Crippen LogP contribution in [0.15, 0.2) is 24.3 Å². The lowest BCUT2D eigenvalue weighted by Gasteiger charge is -2.15.